The van der Waals surface area contributed by atoms with E-state index in [4.69, 9.17) is 0 Å². The van der Waals surface area contributed by atoms with Crippen LogP contribution in [0.15, 0.2) is 94.2 Å². The lowest BCUT2D eigenvalue weighted by Gasteiger charge is -2.05. The number of benzene rings is 3. The van der Waals surface area contributed by atoms with Gasteiger partial charge in [0, 0.05) is 5.56 Å². The summed E-state index contributed by atoms with van der Waals surface area (Å²) >= 11 is 0. The minimum absolute atomic E-state index is 0.112. The highest BCUT2D eigenvalue weighted by Crippen LogP contribution is 2.16. The van der Waals surface area contributed by atoms with Crippen LogP contribution in [0.4, 0.5) is 4.39 Å². The van der Waals surface area contributed by atoms with Gasteiger partial charge in [-0.25, -0.2) is 4.39 Å². The Hall–Kier alpha value is -3.05. The maximum Gasteiger partial charge on any atom is 0.282 e. The van der Waals surface area contributed by atoms with Crippen molar-refractivity contribution in [3.8, 4) is 0 Å². The van der Waals surface area contributed by atoms with Crippen LogP contribution in [0.25, 0.3) is 6.08 Å². The number of sulfonamides is 1. The molecule has 136 valence electrons. The van der Waals surface area contributed by atoms with Crippen molar-refractivity contribution in [1.29, 1.82) is 0 Å². The summed E-state index contributed by atoms with van der Waals surface area (Å²) in [5.41, 5.74) is 2.61. The molecule has 0 heterocycles. The molecule has 27 heavy (non-hydrogen) atoms. The fraction of sp³-hybridized carbons (Fsp3) is 0.0455. The van der Waals surface area contributed by atoms with Gasteiger partial charge in [0.25, 0.3) is 10.0 Å². The zero-order valence-electron chi connectivity index (χ0n) is 14.7. The second-order valence-electron chi connectivity index (χ2n) is 6.02. The molecule has 0 radical (unpaired) electrons. The summed E-state index contributed by atoms with van der Waals surface area (Å²) in [6.45, 7) is 1.88. The third-order valence-corrected chi connectivity index (χ3v) is 5.22. The topological polar surface area (TPSA) is 46.5 Å². The predicted octanol–water partition coefficient (Wildman–Crippen LogP) is 5.03. The highest BCUT2D eigenvalue weighted by molar-refractivity contribution is 7.90. The van der Waals surface area contributed by atoms with E-state index in [0.717, 1.165) is 11.1 Å². The average Bonchev–Trinajstić information content (AvgIpc) is 2.67. The van der Waals surface area contributed by atoms with E-state index in [1.165, 1.54) is 36.4 Å². The maximum atomic E-state index is 13.3. The van der Waals surface area contributed by atoms with Gasteiger partial charge in [-0.05, 0) is 55.0 Å². The molecule has 3 aromatic rings. The minimum Gasteiger partial charge on any atom is -0.207 e. The Morgan fingerprint density at radius 3 is 2.15 bits per heavy atom. The first-order valence-corrected chi connectivity index (χ1v) is 9.79. The molecule has 0 bridgehead atoms. The van der Waals surface area contributed by atoms with Crippen LogP contribution in [-0.2, 0) is 10.0 Å². The van der Waals surface area contributed by atoms with Crippen LogP contribution in [-0.4, -0.2) is 14.1 Å². The average molecular weight is 379 g/mol. The van der Waals surface area contributed by atoms with Crippen LogP contribution >= 0.6 is 0 Å². The lowest BCUT2D eigenvalue weighted by atomic mass is 10.1. The summed E-state index contributed by atoms with van der Waals surface area (Å²) in [7, 11) is -3.90. The molecule has 0 N–H and O–H groups in total. The Kier molecular flexibility index (Phi) is 5.62. The zero-order chi connectivity index (χ0) is 19.3. The molecule has 0 amide bonds. The third-order valence-electron chi connectivity index (χ3n) is 3.91. The lowest BCUT2D eigenvalue weighted by Crippen LogP contribution is -2.04. The second kappa shape index (κ2) is 8.10. The molecule has 3 rings (SSSR count). The van der Waals surface area contributed by atoms with E-state index in [2.05, 4.69) is 4.40 Å². The number of aryl methyl sites for hydroxylation is 1. The van der Waals surface area contributed by atoms with Crippen molar-refractivity contribution in [2.45, 2.75) is 11.8 Å². The van der Waals surface area contributed by atoms with Gasteiger partial charge in [0.2, 0.25) is 0 Å². The first kappa shape index (κ1) is 18.7. The van der Waals surface area contributed by atoms with Crippen molar-refractivity contribution in [1.82, 2.24) is 0 Å². The largest absolute Gasteiger partial charge is 0.282 e. The second-order valence-corrected chi connectivity index (χ2v) is 7.62. The molecule has 0 atom stereocenters. The fourth-order valence-electron chi connectivity index (χ4n) is 2.43. The summed E-state index contributed by atoms with van der Waals surface area (Å²) in [6.07, 6.45) is 3.39. The number of hydrogen-bond acceptors (Lipinski definition) is 2. The third kappa shape index (κ3) is 4.99. The molecule has 0 aliphatic carbocycles. The van der Waals surface area contributed by atoms with Crippen LogP contribution in [0, 0.1) is 12.7 Å². The van der Waals surface area contributed by atoms with Crippen molar-refractivity contribution in [3.05, 3.63) is 107 Å². The molecule has 0 saturated carbocycles. The summed E-state index contributed by atoms with van der Waals surface area (Å²) < 4.78 is 42.7. The van der Waals surface area contributed by atoms with Gasteiger partial charge in [-0.3, -0.25) is 0 Å². The van der Waals surface area contributed by atoms with E-state index in [9.17, 15) is 12.8 Å². The Balaban J connectivity index is 2.05. The number of nitrogens with zero attached hydrogens (tertiary/aromatic N) is 1. The van der Waals surface area contributed by atoms with Crippen LogP contribution in [0.3, 0.4) is 0 Å². The van der Waals surface area contributed by atoms with Gasteiger partial charge in [0.1, 0.15) is 5.82 Å². The van der Waals surface area contributed by atoms with E-state index in [0.29, 0.717) is 5.56 Å². The molecule has 0 saturated heterocycles. The Bertz CT molecular complexity index is 1070. The predicted molar refractivity (Wildman–Crippen MR) is 107 cm³/mol. The monoisotopic (exact) mass is 379 g/mol. The molecule has 0 aromatic heterocycles. The molecule has 0 spiro atoms. The molecule has 0 aliphatic rings. The first-order valence-electron chi connectivity index (χ1n) is 8.35. The molecule has 0 aliphatic heterocycles. The minimum atomic E-state index is -3.90. The molecule has 5 heteroatoms. The Morgan fingerprint density at radius 1 is 0.889 bits per heavy atom. The molecular formula is C22H18FNO2S. The number of hydrogen-bond donors (Lipinski definition) is 0. The lowest BCUT2D eigenvalue weighted by molar-refractivity contribution is 0.598. The maximum absolute atomic E-state index is 13.3. The number of rotatable bonds is 5. The van der Waals surface area contributed by atoms with Gasteiger partial charge in [0.15, 0.2) is 0 Å². The van der Waals surface area contributed by atoms with Gasteiger partial charge >= 0.3 is 0 Å². The SMILES string of the molecule is Cc1ccc(S(=O)(=O)N=C(/C=C/c2ccccc2)c2ccc(F)cc2)cc1. The van der Waals surface area contributed by atoms with E-state index in [1.54, 1.807) is 24.3 Å². The van der Waals surface area contributed by atoms with E-state index in [1.807, 2.05) is 37.3 Å². The van der Waals surface area contributed by atoms with Crippen molar-refractivity contribution in [3.63, 3.8) is 0 Å². The van der Waals surface area contributed by atoms with Gasteiger partial charge in [-0.15, -0.1) is 0 Å². The van der Waals surface area contributed by atoms with Crippen LogP contribution < -0.4 is 0 Å². The van der Waals surface area contributed by atoms with Crippen molar-refractivity contribution in [2.24, 2.45) is 4.40 Å². The van der Waals surface area contributed by atoms with Crippen LogP contribution in [0.5, 0.6) is 0 Å². The highest BCUT2D eigenvalue weighted by Gasteiger charge is 2.14. The highest BCUT2D eigenvalue weighted by atomic mass is 32.2. The van der Waals surface area contributed by atoms with Crippen LogP contribution in [0.2, 0.25) is 0 Å². The number of allylic oxidation sites excluding steroid dienone is 1. The summed E-state index contributed by atoms with van der Waals surface area (Å²) in [5.74, 6) is -0.397. The molecule has 0 unspecified atom stereocenters. The summed E-state index contributed by atoms with van der Waals surface area (Å²) in [6, 6.07) is 21.5. The Morgan fingerprint density at radius 2 is 1.52 bits per heavy atom. The molecule has 3 aromatic carbocycles. The number of halogens is 1. The van der Waals surface area contributed by atoms with Crippen molar-refractivity contribution in [2.75, 3.05) is 0 Å². The normalized spacial score (nSPS) is 12.4. The fourth-order valence-corrected chi connectivity index (χ4v) is 3.44. The molecular weight excluding hydrogens is 361 g/mol. The molecule has 3 nitrogen and oxygen atoms in total. The summed E-state index contributed by atoms with van der Waals surface area (Å²) in [4.78, 5) is 0.112. The van der Waals surface area contributed by atoms with Gasteiger partial charge in [-0.1, -0.05) is 54.1 Å². The summed E-state index contributed by atoms with van der Waals surface area (Å²) in [5, 5.41) is 0. The van der Waals surface area contributed by atoms with E-state index >= 15 is 0 Å². The standard InChI is InChI=1S/C22H18FNO2S/c1-17-7-14-21(15-8-17)27(25,26)24-22(19-10-12-20(23)13-11-19)16-9-18-5-3-2-4-6-18/h2-16H,1H3/b16-9+,24-22?. The molecule has 0 fully saturated rings. The van der Waals surface area contributed by atoms with Crippen molar-refractivity contribution >= 4 is 21.8 Å². The van der Waals surface area contributed by atoms with Gasteiger partial charge < -0.3 is 0 Å². The Labute approximate surface area is 158 Å². The van der Waals surface area contributed by atoms with Gasteiger partial charge in [-0.2, -0.15) is 12.8 Å². The first-order chi connectivity index (χ1) is 12.9. The van der Waals surface area contributed by atoms with Crippen molar-refractivity contribution < 1.29 is 12.8 Å². The smallest absolute Gasteiger partial charge is 0.207 e. The zero-order valence-corrected chi connectivity index (χ0v) is 15.5. The van der Waals surface area contributed by atoms with E-state index < -0.39 is 15.8 Å². The van der Waals surface area contributed by atoms with Gasteiger partial charge in [0.05, 0.1) is 10.6 Å². The quantitative estimate of drug-likeness (QED) is 0.584. The van der Waals surface area contributed by atoms with Crippen LogP contribution in [0.1, 0.15) is 16.7 Å². The van der Waals surface area contributed by atoms with E-state index in [-0.39, 0.29) is 10.6 Å².